The number of rotatable bonds is 4. The number of non-ortho nitro benzene ring substituents is 1. The summed E-state index contributed by atoms with van der Waals surface area (Å²) in [5.41, 5.74) is 10.0. The molecule has 0 atom stereocenters. The van der Waals surface area contributed by atoms with Crippen molar-refractivity contribution in [3.8, 4) is 5.75 Å². The van der Waals surface area contributed by atoms with E-state index in [0.29, 0.717) is 0 Å². The standard InChI is InChI=1S/C12H11N5O6S.Na.H/c13-7-4-8(14)12(24(21,22)23)5-9(7)15-16-10-3-6(17(19)20)1-2-11(10)18;;/h1-5,18H,13-14H2,(H,21,22,23);;/b16-15+;;. The molecule has 2 rings (SSSR count). The van der Waals surface area contributed by atoms with Gasteiger partial charge in [-0.25, -0.2) is 0 Å². The number of nitrogen functional groups attached to an aromatic ring is 2. The molecule has 0 heterocycles. The zero-order valence-corrected chi connectivity index (χ0v) is 12.6. The third-order valence-corrected chi connectivity index (χ3v) is 3.78. The molecule has 0 aliphatic heterocycles. The van der Waals surface area contributed by atoms with Crippen LogP contribution < -0.4 is 11.5 Å². The Bertz CT molecular complexity index is 963. The Morgan fingerprint density at radius 1 is 1.04 bits per heavy atom. The zero-order chi connectivity index (χ0) is 18.1. The van der Waals surface area contributed by atoms with Gasteiger partial charge in [-0.1, -0.05) is 0 Å². The second-order valence-corrected chi connectivity index (χ2v) is 5.94. The van der Waals surface area contributed by atoms with Gasteiger partial charge >= 0.3 is 29.6 Å². The van der Waals surface area contributed by atoms with Gasteiger partial charge in [0, 0.05) is 12.1 Å². The van der Waals surface area contributed by atoms with Gasteiger partial charge in [-0.3, -0.25) is 14.7 Å². The molecule has 0 fully saturated rings. The average Bonchev–Trinajstić information content (AvgIpc) is 2.46. The summed E-state index contributed by atoms with van der Waals surface area (Å²) in [7, 11) is -4.60. The number of phenols is 1. The van der Waals surface area contributed by atoms with Crippen LogP contribution in [0.25, 0.3) is 0 Å². The van der Waals surface area contributed by atoms with Crippen LogP contribution in [0.3, 0.4) is 0 Å². The molecule has 0 amide bonds. The number of nitro groups is 1. The van der Waals surface area contributed by atoms with E-state index >= 15 is 0 Å². The Balaban J connectivity index is 0.00000312. The van der Waals surface area contributed by atoms with E-state index in [1.54, 1.807) is 0 Å². The Hall–Kier alpha value is -2.25. The van der Waals surface area contributed by atoms with Crippen LogP contribution in [0, 0.1) is 10.1 Å². The number of nitro benzene ring substituents is 1. The van der Waals surface area contributed by atoms with Gasteiger partial charge in [0.2, 0.25) is 0 Å². The van der Waals surface area contributed by atoms with Crippen molar-refractivity contribution in [2.24, 2.45) is 10.2 Å². The fourth-order valence-electron chi connectivity index (χ4n) is 1.73. The summed E-state index contributed by atoms with van der Waals surface area (Å²) < 4.78 is 31.5. The van der Waals surface area contributed by atoms with Crippen molar-refractivity contribution in [1.82, 2.24) is 0 Å². The molecule has 0 saturated carbocycles. The second-order valence-electron chi connectivity index (χ2n) is 4.55. The van der Waals surface area contributed by atoms with Gasteiger partial charge in [0.25, 0.3) is 15.8 Å². The number of hydrogen-bond acceptors (Lipinski definition) is 9. The van der Waals surface area contributed by atoms with Crippen LogP contribution in [0.4, 0.5) is 28.4 Å². The molecule has 0 unspecified atom stereocenters. The molecule has 0 aliphatic carbocycles. The molecule has 0 aliphatic rings. The molecule has 0 bridgehead atoms. The van der Waals surface area contributed by atoms with Crippen molar-refractivity contribution in [1.29, 1.82) is 0 Å². The molecule has 128 valence electrons. The predicted molar refractivity (Wildman–Crippen MR) is 91.2 cm³/mol. The first-order valence-electron chi connectivity index (χ1n) is 6.15. The van der Waals surface area contributed by atoms with E-state index in [1.807, 2.05) is 0 Å². The van der Waals surface area contributed by atoms with E-state index < -0.39 is 19.9 Å². The molecular weight excluding hydrogens is 365 g/mol. The van der Waals surface area contributed by atoms with E-state index in [1.165, 1.54) is 0 Å². The molecule has 25 heavy (non-hydrogen) atoms. The van der Waals surface area contributed by atoms with Gasteiger partial charge in [0.05, 0.1) is 16.3 Å². The van der Waals surface area contributed by atoms with Crippen LogP contribution in [0.15, 0.2) is 45.5 Å². The van der Waals surface area contributed by atoms with Gasteiger partial charge in [-0.2, -0.15) is 8.42 Å². The van der Waals surface area contributed by atoms with E-state index in [-0.39, 0.29) is 63.7 Å². The molecule has 0 spiro atoms. The molecule has 6 N–H and O–H groups in total. The summed E-state index contributed by atoms with van der Waals surface area (Å²) in [6, 6.07) is 5.05. The Morgan fingerprint density at radius 2 is 1.64 bits per heavy atom. The van der Waals surface area contributed by atoms with Gasteiger partial charge in [0.1, 0.15) is 22.0 Å². The molecule has 0 aromatic heterocycles. The Labute approximate surface area is 163 Å². The molecule has 0 saturated heterocycles. The number of anilines is 2. The Kier molecular flexibility index (Phi) is 6.45. The zero-order valence-electron chi connectivity index (χ0n) is 11.8. The number of aromatic hydroxyl groups is 1. The minimum atomic E-state index is -4.60. The second kappa shape index (κ2) is 7.76. The fraction of sp³-hybridized carbons (Fsp3) is 0. The van der Waals surface area contributed by atoms with Crippen LogP contribution in [-0.4, -0.2) is 52.6 Å². The van der Waals surface area contributed by atoms with Gasteiger partial charge in [0.15, 0.2) is 0 Å². The van der Waals surface area contributed by atoms with Crippen molar-refractivity contribution in [3.05, 3.63) is 40.4 Å². The van der Waals surface area contributed by atoms with Crippen LogP contribution in [-0.2, 0) is 10.1 Å². The maximum atomic E-state index is 11.2. The fourth-order valence-corrected chi connectivity index (χ4v) is 2.34. The average molecular weight is 377 g/mol. The SMILES string of the molecule is Nc1cc(N)c(S(=O)(=O)O)cc1/N=N/c1cc([N+](=O)[O-])ccc1O.[NaH]. The first-order valence-corrected chi connectivity index (χ1v) is 7.59. The number of hydrogen-bond donors (Lipinski definition) is 4. The van der Waals surface area contributed by atoms with Crippen LogP contribution in [0.5, 0.6) is 5.75 Å². The van der Waals surface area contributed by atoms with Gasteiger partial charge in [-0.15, -0.1) is 10.2 Å². The van der Waals surface area contributed by atoms with Crippen LogP contribution in [0.2, 0.25) is 0 Å². The number of nitrogens with two attached hydrogens (primary N) is 2. The van der Waals surface area contributed by atoms with Gasteiger partial charge < -0.3 is 16.6 Å². The molecule has 2 aromatic rings. The third-order valence-electron chi connectivity index (χ3n) is 2.87. The van der Waals surface area contributed by atoms with E-state index in [9.17, 15) is 23.6 Å². The summed E-state index contributed by atoms with van der Waals surface area (Å²) in [6.07, 6.45) is 0. The summed E-state index contributed by atoms with van der Waals surface area (Å²) in [4.78, 5) is 9.40. The summed E-state index contributed by atoms with van der Waals surface area (Å²) in [5.74, 6) is -0.381. The monoisotopic (exact) mass is 377 g/mol. The summed E-state index contributed by atoms with van der Waals surface area (Å²) in [5, 5.41) is 27.6. The predicted octanol–water partition coefficient (Wildman–Crippen LogP) is 1.48. The number of phenolic OH excluding ortho intramolecular Hbond substituents is 1. The quantitative estimate of drug-likeness (QED) is 0.153. The molecule has 2 aromatic carbocycles. The number of azo groups is 1. The molecule has 0 radical (unpaired) electrons. The van der Waals surface area contributed by atoms with Crippen molar-refractivity contribution in [2.45, 2.75) is 4.90 Å². The molecule has 13 heteroatoms. The van der Waals surface area contributed by atoms with Crippen molar-refractivity contribution < 1.29 is 23.0 Å². The normalized spacial score (nSPS) is 11.2. The maximum absolute atomic E-state index is 11.2. The van der Waals surface area contributed by atoms with Crippen LogP contribution in [0.1, 0.15) is 0 Å². The van der Waals surface area contributed by atoms with Crippen molar-refractivity contribution >= 4 is 68.1 Å². The topological polar surface area (TPSA) is 194 Å². The number of benzene rings is 2. The molecular formula is C12H12N5NaO6S. The van der Waals surface area contributed by atoms with E-state index in [2.05, 4.69) is 10.2 Å². The number of nitrogens with zero attached hydrogens (tertiary/aromatic N) is 3. The van der Waals surface area contributed by atoms with E-state index in [4.69, 9.17) is 16.0 Å². The Morgan fingerprint density at radius 3 is 2.20 bits per heavy atom. The first kappa shape index (κ1) is 20.8. The van der Waals surface area contributed by atoms with Gasteiger partial charge in [-0.05, 0) is 18.2 Å². The minimum absolute atomic E-state index is 0. The van der Waals surface area contributed by atoms with E-state index in [0.717, 1.165) is 30.3 Å². The van der Waals surface area contributed by atoms with Crippen molar-refractivity contribution in [2.75, 3.05) is 11.5 Å². The summed E-state index contributed by atoms with van der Waals surface area (Å²) >= 11 is 0. The molecule has 11 nitrogen and oxygen atoms in total. The first-order chi connectivity index (χ1) is 11.1. The summed E-state index contributed by atoms with van der Waals surface area (Å²) in [6.45, 7) is 0. The third kappa shape index (κ3) is 4.87. The van der Waals surface area contributed by atoms with Crippen LogP contribution >= 0.6 is 0 Å². The van der Waals surface area contributed by atoms with Crippen molar-refractivity contribution in [3.63, 3.8) is 0 Å².